The van der Waals surface area contributed by atoms with Crippen molar-refractivity contribution in [3.8, 4) is 5.75 Å². The quantitative estimate of drug-likeness (QED) is 0.207. The van der Waals surface area contributed by atoms with E-state index in [-0.39, 0.29) is 13.0 Å². The number of carbonyl (C=O) groups excluding carboxylic acids is 3. The summed E-state index contributed by atoms with van der Waals surface area (Å²) in [6, 6.07) is 22.7. The normalized spacial score (nSPS) is 12.5. The van der Waals surface area contributed by atoms with Gasteiger partial charge in [-0.05, 0) is 85.2 Å². The lowest BCUT2D eigenvalue weighted by molar-refractivity contribution is -0.148. The number of nitrogens with one attached hydrogen (secondary N) is 2. The van der Waals surface area contributed by atoms with Gasteiger partial charge < -0.3 is 24.8 Å². The Balaban J connectivity index is 1.74. The highest BCUT2D eigenvalue weighted by atomic mass is 127. The SMILES string of the molecule is C[C@H](NC(=O)[C@H](Cc1cc(I)ccc1OCc1ccccc1)NC(=O)OC(C)(C)C)C(=O)OCc1ccccc1. The number of esters is 1. The molecule has 0 saturated carbocycles. The standard InChI is InChI=1S/C31H35IN2O6/c1-21(29(36)39-20-23-13-9-6-10-14-23)33-28(35)26(34-30(37)40-31(2,3)4)18-24-17-25(32)15-16-27(24)38-19-22-11-7-5-8-12-22/h5-17,21,26H,18-20H2,1-4H3,(H,33,35)(H,34,37)/t21-,26-/m0/s1. The maximum Gasteiger partial charge on any atom is 0.408 e. The predicted octanol–water partition coefficient (Wildman–Crippen LogP) is 5.55. The van der Waals surface area contributed by atoms with E-state index >= 15 is 0 Å². The molecule has 0 saturated heterocycles. The topological polar surface area (TPSA) is 103 Å². The third-order valence-electron chi connectivity index (χ3n) is 5.63. The second-order valence-electron chi connectivity index (χ2n) is 10.3. The summed E-state index contributed by atoms with van der Waals surface area (Å²) in [6.07, 6.45) is -0.637. The van der Waals surface area contributed by atoms with Crippen molar-refractivity contribution in [2.45, 2.75) is 65.0 Å². The average Bonchev–Trinajstić information content (AvgIpc) is 2.91. The van der Waals surface area contributed by atoms with Crippen molar-refractivity contribution >= 4 is 40.6 Å². The summed E-state index contributed by atoms with van der Waals surface area (Å²) in [4.78, 5) is 38.6. The Morgan fingerprint density at radius 3 is 2.05 bits per heavy atom. The summed E-state index contributed by atoms with van der Waals surface area (Å²) in [7, 11) is 0. The van der Waals surface area contributed by atoms with Crippen LogP contribution >= 0.6 is 22.6 Å². The van der Waals surface area contributed by atoms with E-state index in [1.807, 2.05) is 78.9 Å². The van der Waals surface area contributed by atoms with E-state index in [4.69, 9.17) is 14.2 Å². The van der Waals surface area contributed by atoms with E-state index < -0.39 is 35.7 Å². The number of hydrogen-bond donors (Lipinski definition) is 2. The molecule has 0 heterocycles. The molecule has 2 amide bonds. The van der Waals surface area contributed by atoms with Gasteiger partial charge in [-0.25, -0.2) is 9.59 Å². The van der Waals surface area contributed by atoms with Crippen molar-refractivity contribution in [1.82, 2.24) is 10.6 Å². The fraction of sp³-hybridized carbons (Fsp3) is 0.323. The van der Waals surface area contributed by atoms with E-state index in [0.717, 1.165) is 20.3 Å². The van der Waals surface area contributed by atoms with Crippen molar-refractivity contribution in [3.05, 3.63) is 99.1 Å². The van der Waals surface area contributed by atoms with Crippen LogP contribution in [0.5, 0.6) is 5.75 Å². The van der Waals surface area contributed by atoms with Crippen LogP contribution in [0.1, 0.15) is 44.4 Å². The molecule has 2 N–H and O–H groups in total. The highest BCUT2D eigenvalue weighted by Crippen LogP contribution is 2.24. The fourth-order valence-electron chi connectivity index (χ4n) is 3.69. The van der Waals surface area contributed by atoms with Crippen LogP contribution < -0.4 is 15.4 Å². The minimum Gasteiger partial charge on any atom is -0.489 e. The molecule has 3 rings (SSSR count). The first-order chi connectivity index (χ1) is 19.0. The van der Waals surface area contributed by atoms with E-state index in [1.54, 1.807) is 20.8 Å². The summed E-state index contributed by atoms with van der Waals surface area (Å²) in [6.45, 7) is 7.18. The van der Waals surface area contributed by atoms with E-state index in [0.29, 0.717) is 12.4 Å². The zero-order chi connectivity index (χ0) is 29.1. The van der Waals surface area contributed by atoms with Gasteiger partial charge in [-0.3, -0.25) is 4.79 Å². The summed E-state index contributed by atoms with van der Waals surface area (Å²) in [5.74, 6) is -0.555. The van der Waals surface area contributed by atoms with Crippen LogP contribution in [0.2, 0.25) is 0 Å². The van der Waals surface area contributed by atoms with Crippen LogP contribution in [0.15, 0.2) is 78.9 Å². The smallest absolute Gasteiger partial charge is 0.408 e. The van der Waals surface area contributed by atoms with Gasteiger partial charge in [0.2, 0.25) is 5.91 Å². The molecule has 2 atom stereocenters. The minimum atomic E-state index is -1.04. The van der Waals surface area contributed by atoms with Crippen molar-refractivity contribution < 1.29 is 28.6 Å². The molecule has 0 aliphatic carbocycles. The van der Waals surface area contributed by atoms with Gasteiger partial charge in [0.25, 0.3) is 0 Å². The Kier molecular flexibility index (Phi) is 11.4. The molecule has 0 aromatic heterocycles. The molecule has 3 aromatic carbocycles. The van der Waals surface area contributed by atoms with Crippen LogP contribution in [0.3, 0.4) is 0 Å². The van der Waals surface area contributed by atoms with Crippen molar-refractivity contribution in [1.29, 1.82) is 0 Å². The Bertz CT molecular complexity index is 1280. The highest BCUT2D eigenvalue weighted by molar-refractivity contribution is 14.1. The van der Waals surface area contributed by atoms with Crippen LogP contribution in [0.25, 0.3) is 0 Å². The van der Waals surface area contributed by atoms with E-state index in [1.165, 1.54) is 6.92 Å². The molecule has 8 nitrogen and oxygen atoms in total. The maximum atomic E-state index is 13.4. The number of rotatable bonds is 11. The second kappa shape index (κ2) is 14.7. The van der Waals surface area contributed by atoms with Crippen molar-refractivity contribution in [2.75, 3.05) is 0 Å². The molecule has 212 valence electrons. The number of halogens is 1. The molecule has 0 spiro atoms. The number of carbonyl (C=O) groups is 3. The lowest BCUT2D eigenvalue weighted by Gasteiger charge is -2.25. The number of benzene rings is 3. The molecule has 0 bridgehead atoms. The first-order valence-electron chi connectivity index (χ1n) is 13.0. The van der Waals surface area contributed by atoms with Crippen molar-refractivity contribution in [2.24, 2.45) is 0 Å². The summed E-state index contributed by atoms with van der Waals surface area (Å²) in [5, 5.41) is 5.33. The highest BCUT2D eigenvalue weighted by Gasteiger charge is 2.28. The van der Waals surface area contributed by atoms with Gasteiger partial charge in [0.15, 0.2) is 0 Å². The lowest BCUT2D eigenvalue weighted by Crippen LogP contribution is -2.52. The predicted molar refractivity (Wildman–Crippen MR) is 161 cm³/mol. The zero-order valence-corrected chi connectivity index (χ0v) is 25.3. The van der Waals surface area contributed by atoms with Gasteiger partial charge in [0.05, 0.1) is 0 Å². The van der Waals surface area contributed by atoms with E-state index in [2.05, 4.69) is 33.2 Å². The Morgan fingerprint density at radius 1 is 0.850 bits per heavy atom. The molecule has 3 aromatic rings. The van der Waals surface area contributed by atoms with Crippen LogP contribution in [-0.4, -0.2) is 35.7 Å². The molecular weight excluding hydrogens is 623 g/mol. The van der Waals surface area contributed by atoms with Gasteiger partial charge in [-0.15, -0.1) is 0 Å². The molecule has 9 heteroatoms. The van der Waals surface area contributed by atoms with Crippen LogP contribution in [0.4, 0.5) is 4.79 Å². The Hall–Kier alpha value is -3.60. The van der Waals surface area contributed by atoms with E-state index in [9.17, 15) is 14.4 Å². The fourth-order valence-corrected chi connectivity index (χ4v) is 4.24. The van der Waals surface area contributed by atoms with Crippen molar-refractivity contribution in [3.63, 3.8) is 0 Å². The largest absolute Gasteiger partial charge is 0.489 e. The van der Waals surface area contributed by atoms with Crippen LogP contribution in [0, 0.1) is 3.57 Å². The molecular formula is C31H35IN2O6. The maximum absolute atomic E-state index is 13.4. The first-order valence-corrected chi connectivity index (χ1v) is 14.0. The Morgan fingerprint density at radius 2 is 1.45 bits per heavy atom. The lowest BCUT2D eigenvalue weighted by atomic mass is 10.0. The molecule has 40 heavy (non-hydrogen) atoms. The summed E-state index contributed by atoms with van der Waals surface area (Å²) < 4.78 is 17.8. The number of alkyl carbamates (subject to hydrolysis) is 1. The third kappa shape index (κ3) is 10.5. The molecule has 0 radical (unpaired) electrons. The van der Waals surface area contributed by atoms with Gasteiger partial charge in [-0.2, -0.15) is 0 Å². The van der Waals surface area contributed by atoms with Gasteiger partial charge in [0.1, 0.15) is 36.6 Å². The van der Waals surface area contributed by atoms with Gasteiger partial charge >= 0.3 is 12.1 Å². The molecule has 0 aliphatic heterocycles. The minimum absolute atomic E-state index is 0.0873. The van der Waals surface area contributed by atoms with Gasteiger partial charge in [-0.1, -0.05) is 60.7 Å². The van der Waals surface area contributed by atoms with Gasteiger partial charge in [0, 0.05) is 9.99 Å². The molecule has 0 unspecified atom stereocenters. The molecule has 0 fully saturated rings. The summed E-state index contributed by atoms with van der Waals surface area (Å²) in [5.41, 5.74) is 1.79. The third-order valence-corrected chi connectivity index (χ3v) is 6.30. The monoisotopic (exact) mass is 658 g/mol. The molecule has 0 aliphatic rings. The average molecular weight is 659 g/mol. The van der Waals surface area contributed by atoms with Crippen LogP contribution in [-0.2, 0) is 38.7 Å². The Labute approximate surface area is 248 Å². The zero-order valence-electron chi connectivity index (χ0n) is 23.1. The number of amides is 2. The second-order valence-corrected chi connectivity index (χ2v) is 11.5. The number of ether oxygens (including phenoxy) is 3. The number of hydrogen-bond acceptors (Lipinski definition) is 6. The first kappa shape index (κ1) is 30.9. The summed E-state index contributed by atoms with van der Waals surface area (Å²) >= 11 is 2.18.